The van der Waals surface area contributed by atoms with Gasteiger partial charge in [0.05, 0.1) is 0 Å². The minimum Gasteiger partial charge on any atom is -0.488 e. The third-order valence-electron chi connectivity index (χ3n) is 5.55. The average Bonchev–Trinajstić information content (AvgIpc) is 2.88. The first kappa shape index (κ1) is 22.6. The number of rotatable bonds is 11. The average molecular weight is 439 g/mol. The zero-order chi connectivity index (χ0) is 22.7. The molecule has 3 nitrogen and oxygen atoms in total. The largest absolute Gasteiger partial charge is 0.488 e. The van der Waals surface area contributed by atoms with Crippen molar-refractivity contribution in [3.8, 4) is 11.5 Å². The molecular weight excluding hydrogens is 408 g/mol. The molecule has 0 aliphatic rings. The summed E-state index contributed by atoms with van der Waals surface area (Å²) >= 11 is 0. The van der Waals surface area contributed by atoms with E-state index >= 15 is 0 Å². The Morgan fingerprint density at radius 3 is 1.45 bits per heavy atom. The van der Waals surface area contributed by atoms with Gasteiger partial charge in [0.15, 0.2) is 0 Å². The number of ether oxygens (including phenoxy) is 2. The lowest BCUT2D eigenvalue weighted by molar-refractivity contribution is 0.281. The highest BCUT2D eigenvalue weighted by atomic mass is 16.5. The maximum atomic E-state index is 9.36. The van der Waals surface area contributed by atoms with Crippen molar-refractivity contribution in [3.63, 3.8) is 0 Å². The van der Waals surface area contributed by atoms with Crippen molar-refractivity contribution in [3.05, 3.63) is 131 Å². The van der Waals surface area contributed by atoms with Gasteiger partial charge in [0.2, 0.25) is 0 Å². The molecule has 0 aliphatic heterocycles. The van der Waals surface area contributed by atoms with Gasteiger partial charge in [-0.25, -0.2) is 0 Å². The molecule has 0 radical (unpaired) electrons. The summed E-state index contributed by atoms with van der Waals surface area (Å²) in [6.07, 6.45) is 2.19. The highest BCUT2D eigenvalue weighted by Gasteiger charge is 2.15. The Bertz CT molecular complexity index is 1040. The van der Waals surface area contributed by atoms with Crippen LogP contribution in [0.1, 0.15) is 34.2 Å². The molecule has 0 atom stereocenters. The summed E-state index contributed by atoms with van der Waals surface area (Å²) in [4.78, 5) is 0. The Labute approximate surface area is 196 Å². The fraction of sp³-hybridized carbons (Fsp3) is 0.200. The van der Waals surface area contributed by atoms with Gasteiger partial charge in [-0.1, -0.05) is 91.0 Å². The SMILES string of the molecule is OCCCc1cc(OCc2ccccc2)c(Cc2ccccc2)c(OCc2ccccc2)c1. The number of benzene rings is 4. The molecule has 0 saturated heterocycles. The Morgan fingerprint density at radius 2 is 1.00 bits per heavy atom. The summed E-state index contributed by atoms with van der Waals surface area (Å²) < 4.78 is 12.7. The summed E-state index contributed by atoms with van der Waals surface area (Å²) in [5.74, 6) is 1.67. The molecule has 0 saturated carbocycles. The smallest absolute Gasteiger partial charge is 0.127 e. The van der Waals surface area contributed by atoms with Gasteiger partial charge >= 0.3 is 0 Å². The van der Waals surface area contributed by atoms with Crippen molar-refractivity contribution in [2.24, 2.45) is 0 Å². The second-order valence-corrected chi connectivity index (χ2v) is 8.11. The van der Waals surface area contributed by atoms with E-state index in [9.17, 15) is 5.11 Å². The van der Waals surface area contributed by atoms with Crippen LogP contribution >= 0.6 is 0 Å². The molecule has 3 heteroatoms. The van der Waals surface area contributed by atoms with Crippen molar-refractivity contribution < 1.29 is 14.6 Å². The molecule has 0 spiro atoms. The molecule has 4 aromatic rings. The summed E-state index contributed by atoms with van der Waals surface area (Å²) in [7, 11) is 0. The van der Waals surface area contributed by atoms with Crippen LogP contribution in [-0.2, 0) is 26.1 Å². The second-order valence-electron chi connectivity index (χ2n) is 8.11. The van der Waals surface area contributed by atoms with Crippen LogP contribution in [-0.4, -0.2) is 11.7 Å². The normalized spacial score (nSPS) is 10.7. The predicted octanol–water partition coefficient (Wildman–Crippen LogP) is 6.36. The highest BCUT2D eigenvalue weighted by Crippen LogP contribution is 2.34. The van der Waals surface area contributed by atoms with Gasteiger partial charge in [-0.2, -0.15) is 0 Å². The Morgan fingerprint density at radius 1 is 0.545 bits per heavy atom. The quantitative estimate of drug-likeness (QED) is 0.296. The zero-order valence-corrected chi connectivity index (χ0v) is 18.8. The first-order valence-electron chi connectivity index (χ1n) is 11.5. The van der Waals surface area contributed by atoms with Gasteiger partial charge in [-0.05, 0) is 47.2 Å². The third-order valence-corrected chi connectivity index (χ3v) is 5.55. The van der Waals surface area contributed by atoms with Crippen LogP contribution in [0.3, 0.4) is 0 Å². The maximum absolute atomic E-state index is 9.36. The van der Waals surface area contributed by atoms with Gasteiger partial charge < -0.3 is 14.6 Å². The Balaban J connectivity index is 1.67. The van der Waals surface area contributed by atoms with Crippen molar-refractivity contribution >= 4 is 0 Å². The van der Waals surface area contributed by atoms with E-state index in [2.05, 4.69) is 60.7 Å². The van der Waals surface area contributed by atoms with E-state index in [1.165, 1.54) is 5.56 Å². The van der Waals surface area contributed by atoms with Crippen LogP contribution in [0.5, 0.6) is 11.5 Å². The van der Waals surface area contributed by atoms with E-state index in [-0.39, 0.29) is 6.61 Å². The van der Waals surface area contributed by atoms with Crippen molar-refractivity contribution in [1.29, 1.82) is 0 Å². The number of hydrogen-bond donors (Lipinski definition) is 1. The molecule has 0 heterocycles. The lowest BCUT2D eigenvalue weighted by Gasteiger charge is -2.19. The van der Waals surface area contributed by atoms with Crippen LogP contribution < -0.4 is 9.47 Å². The van der Waals surface area contributed by atoms with Crippen LogP contribution in [0.25, 0.3) is 0 Å². The number of aliphatic hydroxyl groups is 1. The molecular formula is C30H30O3. The lowest BCUT2D eigenvalue weighted by Crippen LogP contribution is -2.05. The summed E-state index contributed by atoms with van der Waals surface area (Å²) in [5, 5.41) is 9.36. The molecule has 0 bridgehead atoms. The van der Waals surface area contributed by atoms with Gasteiger partial charge in [0.1, 0.15) is 24.7 Å². The highest BCUT2D eigenvalue weighted by molar-refractivity contribution is 5.50. The van der Waals surface area contributed by atoms with E-state index in [0.717, 1.165) is 46.6 Å². The molecule has 0 fully saturated rings. The molecule has 4 rings (SSSR count). The summed E-state index contributed by atoms with van der Waals surface area (Å²) in [5.41, 5.74) is 5.59. The van der Waals surface area contributed by atoms with Crippen molar-refractivity contribution in [1.82, 2.24) is 0 Å². The van der Waals surface area contributed by atoms with E-state index in [1.54, 1.807) is 0 Å². The Hall–Kier alpha value is -3.56. The van der Waals surface area contributed by atoms with E-state index in [0.29, 0.717) is 19.6 Å². The maximum Gasteiger partial charge on any atom is 0.127 e. The van der Waals surface area contributed by atoms with E-state index in [4.69, 9.17) is 9.47 Å². The standard InChI is InChI=1S/C30H30O3/c31-18-10-17-27-20-29(32-22-25-13-6-2-7-14-25)28(19-24-11-4-1-5-12-24)30(21-27)33-23-26-15-8-3-9-16-26/h1-9,11-16,20-21,31H,10,17-19,22-23H2. The lowest BCUT2D eigenvalue weighted by atomic mass is 9.99. The van der Waals surface area contributed by atoms with Crippen molar-refractivity contribution in [2.75, 3.05) is 6.61 Å². The zero-order valence-electron chi connectivity index (χ0n) is 18.8. The predicted molar refractivity (Wildman–Crippen MR) is 133 cm³/mol. The molecule has 0 unspecified atom stereocenters. The van der Waals surface area contributed by atoms with Crippen molar-refractivity contribution in [2.45, 2.75) is 32.5 Å². The van der Waals surface area contributed by atoms with E-state index in [1.807, 2.05) is 42.5 Å². The third kappa shape index (κ3) is 6.71. The fourth-order valence-electron chi connectivity index (χ4n) is 3.80. The van der Waals surface area contributed by atoms with Crippen LogP contribution in [0.4, 0.5) is 0 Å². The minimum absolute atomic E-state index is 0.159. The second kappa shape index (κ2) is 11.9. The number of aliphatic hydroxyl groups excluding tert-OH is 1. The van der Waals surface area contributed by atoms with Crippen LogP contribution in [0.15, 0.2) is 103 Å². The number of hydrogen-bond acceptors (Lipinski definition) is 3. The van der Waals surface area contributed by atoms with Gasteiger partial charge in [0, 0.05) is 18.6 Å². The molecule has 0 amide bonds. The molecule has 0 aromatic heterocycles. The topological polar surface area (TPSA) is 38.7 Å². The van der Waals surface area contributed by atoms with Gasteiger partial charge in [-0.15, -0.1) is 0 Å². The fourth-order valence-corrected chi connectivity index (χ4v) is 3.80. The van der Waals surface area contributed by atoms with Crippen LogP contribution in [0.2, 0.25) is 0 Å². The summed E-state index contributed by atoms with van der Waals surface area (Å²) in [6, 6.07) is 35.0. The Kier molecular flexibility index (Phi) is 8.15. The summed E-state index contributed by atoms with van der Waals surface area (Å²) in [6.45, 7) is 1.14. The number of aryl methyl sites for hydroxylation is 1. The molecule has 33 heavy (non-hydrogen) atoms. The first-order chi connectivity index (χ1) is 16.3. The van der Waals surface area contributed by atoms with Gasteiger partial charge in [-0.3, -0.25) is 0 Å². The molecule has 4 aromatic carbocycles. The molecule has 0 aliphatic carbocycles. The molecule has 1 N–H and O–H groups in total. The van der Waals surface area contributed by atoms with Crippen LogP contribution in [0, 0.1) is 0 Å². The molecule has 168 valence electrons. The van der Waals surface area contributed by atoms with E-state index < -0.39 is 0 Å². The first-order valence-corrected chi connectivity index (χ1v) is 11.5. The van der Waals surface area contributed by atoms with Gasteiger partial charge in [0.25, 0.3) is 0 Å². The minimum atomic E-state index is 0.159. The monoisotopic (exact) mass is 438 g/mol.